The second kappa shape index (κ2) is 9.96. The third-order valence-corrected chi connectivity index (χ3v) is 6.28. The topological polar surface area (TPSA) is 108 Å². The van der Waals surface area contributed by atoms with Crippen LogP contribution in [0.5, 0.6) is 0 Å². The lowest BCUT2D eigenvalue weighted by atomic mass is 10.2. The van der Waals surface area contributed by atoms with Gasteiger partial charge < -0.3 is 4.42 Å². The fourth-order valence-corrected chi connectivity index (χ4v) is 4.53. The van der Waals surface area contributed by atoms with Gasteiger partial charge in [-0.1, -0.05) is 30.0 Å². The monoisotopic (exact) mass is 479 g/mol. The van der Waals surface area contributed by atoms with Crippen LogP contribution in [0.2, 0.25) is 0 Å². The van der Waals surface area contributed by atoms with E-state index in [2.05, 4.69) is 20.6 Å². The average molecular weight is 480 g/mol. The second-order valence-electron chi connectivity index (χ2n) is 7.75. The van der Waals surface area contributed by atoms with Gasteiger partial charge >= 0.3 is 5.88 Å². The number of amidine groups is 1. The summed E-state index contributed by atoms with van der Waals surface area (Å²) >= 11 is 1.16. The Bertz CT molecular complexity index is 1220. The number of carbonyl (C=O) groups excluding carboxylic acids is 2. The van der Waals surface area contributed by atoms with Crippen LogP contribution in [0.4, 0.5) is 11.6 Å². The van der Waals surface area contributed by atoms with Crippen LogP contribution in [0.3, 0.4) is 0 Å². The van der Waals surface area contributed by atoms with E-state index in [0.29, 0.717) is 16.6 Å². The van der Waals surface area contributed by atoms with Gasteiger partial charge in [0.2, 0.25) is 11.2 Å². The maximum Gasteiger partial charge on any atom is 0.305 e. The van der Waals surface area contributed by atoms with Crippen LogP contribution >= 0.6 is 11.8 Å². The Hall–Kier alpha value is -3.86. The first-order chi connectivity index (χ1) is 16.7. The number of carbonyl (C=O) groups is 2. The molecule has 3 aromatic rings. The lowest BCUT2D eigenvalue weighted by Gasteiger charge is -2.17. The molecule has 0 atom stereocenters. The lowest BCUT2D eigenvalue weighted by molar-refractivity contribution is -0.759. The van der Waals surface area contributed by atoms with E-state index in [1.54, 1.807) is 29.2 Å². The summed E-state index contributed by atoms with van der Waals surface area (Å²) in [6, 6.07) is 12.7. The number of aliphatic imine (C=N–C) groups is 1. The Balaban J connectivity index is 1.27. The highest BCUT2D eigenvalue weighted by Gasteiger charge is 2.32. The first-order valence-corrected chi connectivity index (χ1v) is 12.0. The zero-order valence-electron chi connectivity index (χ0n) is 18.3. The molecule has 0 unspecified atom stereocenters. The van der Waals surface area contributed by atoms with Crippen LogP contribution in [0, 0.1) is 0 Å². The first kappa shape index (κ1) is 22.0. The summed E-state index contributed by atoms with van der Waals surface area (Å²) in [5.74, 6) is 0.241. The van der Waals surface area contributed by atoms with E-state index >= 15 is 0 Å². The van der Waals surface area contributed by atoms with Crippen molar-refractivity contribution >= 4 is 46.4 Å². The van der Waals surface area contributed by atoms with Gasteiger partial charge in [0.1, 0.15) is 11.5 Å². The maximum atomic E-state index is 13.1. The van der Waals surface area contributed by atoms with Gasteiger partial charge in [0.25, 0.3) is 12.1 Å². The molecule has 10 nitrogen and oxygen atoms in total. The zero-order valence-corrected chi connectivity index (χ0v) is 19.1. The van der Waals surface area contributed by atoms with Crippen molar-refractivity contribution in [2.24, 2.45) is 4.99 Å². The van der Waals surface area contributed by atoms with E-state index in [1.807, 2.05) is 30.3 Å². The number of benzene rings is 1. The maximum absolute atomic E-state index is 13.1. The van der Waals surface area contributed by atoms with E-state index < -0.39 is 0 Å². The second-order valence-corrected chi connectivity index (χ2v) is 8.70. The van der Waals surface area contributed by atoms with Gasteiger partial charge in [-0.3, -0.25) is 24.3 Å². The summed E-state index contributed by atoms with van der Waals surface area (Å²) in [5.41, 5.74) is 0.902. The molecule has 174 valence electrons. The summed E-state index contributed by atoms with van der Waals surface area (Å²) in [4.78, 5) is 33.3. The number of nitrogens with zero attached hydrogens (tertiary/aromatic N) is 5. The molecule has 11 heteroatoms. The van der Waals surface area contributed by atoms with Crippen molar-refractivity contribution < 1.29 is 23.3 Å². The molecule has 4 heterocycles. The van der Waals surface area contributed by atoms with E-state index in [4.69, 9.17) is 8.94 Å². The van der Waals surface area contributed by atoms with Gasteiger partial charge in [-0.2, -0.15) is 5.01 Å². The Morgan fingerprint density at radius 2 is 1.97 bits per heavy atom. The molecule has 1 fully saturated rings. The molecular weight excluding hydrogens is 456 g/mol. The SMILES string of the molecule is O=C(CSC1=N/C(=C/c2ccco2)C(=O)N1c1ccccc1)Nc1c[n+](N2CCCCC2)no1. The molecule has 0 bridgehead atoms. The van der Waals surface area contributed by atoms with E-state index in [0.717, 1.165) is 37.7 Å². The third kappa shape index (κ3) is 4.88. The smallest absolute Gasteiger partial charge is 0.305 e. The molecule has 2 amide bonds. The van der Waals surface area contributed by atoms with E-state index in [-0.39, 0.29) is 29.1 Å². The number of rotatable bonds is 6. The van der Waals surface area contributed by atoms with Crippen molar-refractivity contribution in [2.75, 3.05) is 34.1 Å². The average Bonchev–Trinajstić information content (AvgIpc) is 3.61. The highest BCUT2D eigenvalue weighted by molar-refractivity contribution is 8.14. The first-order valence-electron chi connectivity index (χ1n) is 11.0. The Morgan fingerprint density at radius 1 is 1.15 bits per heavy atom. The molecular formula is C23H23N6O4S+. The zero-order chi connectivity index (χ0) is 23.3. The number of anilines is 2. The fraction of sp³-hybridized carbons (Fsp3) is 0.261. The van der Waals surface area contributed by atoms with Crippen LogP contribution < -0.4 is 20.0 Å². The summed E-state index contributed by atoms with van der Waals surface area (Å²) in [7, 11) is 0. The van der Waals surface area contributed by atoms with Crippen molar-refractivity contribution in [2.45, 2.75) is 19.3 Å². The van der Waals surface area contributed by atoms with Crippen molar-refractivity contribution in [3.63, 3.8) is 0 Å². The number of para-hydroxylation sites is 1. The molecule has 2 aliphatic heterocycles. The molecule has 2 aromatic heterocycles. The van der Waals surface area contributed by atoms with Gasteiger partial charge in [-0.25, -0.2) is 4.99 Å². The predicted octanol–water partition coefficient (Wildman–Crippen LogP) is 2.79. The van der Waals surface area contributed by atoms with Crippen LogP contribution in [-0.4, -0.2) is 41.1 Å². The summed E-state index contributed by atoms with van der Waals surface area (Å²) < 4.78 is 10.6. The summed E-state index contributed by atoms with van der Waals surface area (Å²) in [5, 5.41) is 9.18. The van der Waals surface area contributed by atoms with E-state index in [9.17, 15) is 9.59 Å². The quantitative estimate of drug-likeness (QED) is 0.428. The lowest BCUT2D eigenvalue weighted by Crippen LogP contribution is -2.60. The highest BCUT2D eigenvalue weighted by atomic mass is 32.2. The number of furan rings is 1. The third-order valence-electron chi connectivity index (χ3n) is 5.34. The molecule has 0 radical (unpaired) electrons. The molecule has 0 saturated carbocycles. The minimum atomic E-state index is -0.293. The van der Waals surface area contributed by atoms with Crippen molar-refractivity contribution in [1.29, 1.82) is 0 Å². The standard InChI is InChI=1S/C23H22N6O4S/c30-20(25-21-15-28(26-33-21)27-11-5-2-6-12-27)16-34-23-24-19(14-18-10-7-13-32-18)22(31)29(23)17-8-3-1-4-9-17/h1,3-4,7-10,13-15H,2,5-6,11-12,16H2/p+1/b19-14+. The van der Waals surface area contributed by atoms with Crippen LogP contribution in [0.25, 0.3) is 6.08 Å². The van der Waals surface area contributed by atoms with Gasteiger partial charge in [-0.15, -0.1) is 0 Å². The highest BCUT2D eigenvalue weighted by Crippen LogP contribution is 2.29. The molecule has 0 aliphatic carbocycles. The number of hydrogen-bond acceptors (Lipinski definition) is 8. The predicted molar refractivity (Wildman–Crippen MR) is 128 cm³/mol. The fourth-order valence-electron chi connectivity index (χ4n) is 3.72. The van der Waals surface area contributed by atoms with Gasteiger partial charge in [0.05, 0.1) is 35.6 Å². The van der Waals surface area contributed by atoms with Gasteiger partial charge in [0.15, 0.2) is 5.17 Å². The molecule has 34 heavy (non-hydrogen) atoms. The normalized spacial score (nSPS) is 17.4. The summed E-state index contributed by atoms with van der Waals surface area (Å²) in [6.45, 7) is 1.80. The van der Waals surface area contributed by atoms with Crippen LogP contribution in [-0.2, 0) is 9.59 Å². The molecule has 1 aromatic carbocycles. The van der Waals surface area contributed by atoms with Crippen molar-refractivity contribution in [3.05, 3.63) is 66.4 Å². The number of nitrogens with one attached hydrogen (secondary N) is 1. The Labute approximate surface area is 199 Å². The van der Waals surface area contributed by atoms with Gasteiger partial charge in [-0.05, 0) is 43.5 Å². The largest absolute Gasteiger partial charge is 0.465 e. The van der Waals surface area contributed by atoms with Crippen molar-refractivity contribution in [1.82, 2.24) is 5.27 Å². The molecule has 1 N–H and O–H groups in total. The number of piperidine rings is 1. The molecule has 1 saturated heterocycles. The minimum Gasteiger partial charge on any atom is -0.465 e. The summed E-state index contributed by atoms with van der Waals surface area (Å²) in [6.07, 6.45) is 8.19. The van der Waals surface area contributed by atoms with E-state index in [1.165, 1.54) is 17.6 Å². The Kier molecular flexibility index (Phi) is 6.43. The van der Waals surface area contributed by atoms with Crippen LogP contribution in [0.15, 0.2) is 74.6 Å². The number of thioether (sulfide) groups is 1. The number of amides is 2. The molecule has 2 aliphatic rings. The molecule has 5 rings (SSSR count). The van der Waals surface area contributed by atoms with Gasteiger partial charge in [0, 0.05) is 6.08 Å². The van der Waals surface area contributed by atoms with Crippen molar-refractivity contribution in [3.8, 4) is 0 Å². The van der Waals surface area contributed by atoms with Crippen LogP contribution in [0.1, 0.15) is 25.0 Å². The number of hydrogen-bond donors (Lipinski definition) is 1. The minimum absolute atomic E-state index is 0.0356. The molecule has 0 spiro atoms. The number of aromatic nitrogens is 2. The Morgan fingerprint density at radius 3 is 2.74 bits per heavy atom.